The predicted molar refractivity (Wildman–Crippen MR) is 100.0 cm³/mol. The molecule has 2 rings (SSSR count). The molecular formula is C20H27N3O. The summed E-state index contributed by atoms with van der Waals surface area (Å²) in [6, 6.07) is 9.97. The van der Waals surface area contributed by atoms with Crippen LogP contribution in [0.1, 0.15) is 49.2 Å². The highest BCUT2D eigenvalue weighted by Crippen LogP contribution is 2.26. The second kappa shape index (κ2) is 8.48. The van der Waals surface area contributed by atoms with E-state index < -0.39 is 0 Å². The summed E-state index contributed by atoms with van der Waals surface area (Å²) in [5, 5.41) is 3.43. The zero-order valence-corrected chi connectivity index (χ0v) is 15.1. The molecule has 1 N–H and O–H groups in total. The maximum absolute atomic E-state index is 12.5. The number of benzene rings is 1. The van der Waals surface area contributed by atoms with E-state index in [9.17, 15) is 4.79 Å². The van der Waals surface area contributed by atoms with Gasteiger partial charge in [0.05, 0.1) is 0 Å². The second-order valence-electron chi connectivity index (χ2n) is 5.69. The molecule has 128 valence electrons. The van der Waals surface area contributed by atoms with Crippen molar-refractivity contribution in [2.45, 2.75) is 40.5 Å². The van der Waals surface area contributed by atoms with Gasteiger partial charge in [-0.05, 0) is 49.9 Å². The molecule has 24 heavy (non-hydrogen) atoms. The number of carbonyl (C=O) groups is 1. The molecule has 1 aromatic carbocycles. The van der Waals surface area contributed by atoms with Crippen LogP contribution in [0.25, 0.3) is 0 Å². The fourth-order valence-electron chi connectivity index (χ4n) is 2.86. The Kier molecular flexibility index (Phi) is 6.36. The first-order chi connectivity index (χ1) is 11.6. The predicted octanol–water partition coefficient (Wildman–Crippen LogP) is 4.43. The van der Waals surface area contributed by atoms with Crippen LogP contribution in [0.5, 0.6) is 0 Å². The first kappa shape index (κ1) is 18.0. The number of pyridine rings is 1. The van der Waals surface area contributed by atoms with Gasteiger partial charge < -0.3 is 10.2 Å². The number of amides is 1. The maximum Gasteiger partial charge on any atom is 0.254 e. The van der Waals surface area contributed by atoms with Crippen LogP contribution in [-0.2, 0) is 12.8 Å². The Labute approximate surface area is 144 Å². The zero-order valence-electron chi connectivity index (χ0n) is 15.1. The van der Waals surface area contributed by atoms with Gasteiger partial charge in [0.1, 0.15) is 5.82 Å². The Hall–Kier alpha value is -2.36. The summed E-state index contributed by atoms with van der Waals surface area (Å²) in [4.78, 5) is 18.7. The number of hydrogen-bond acceptors (Lipinski definition) is 3. The molecule has 1 amide bonds. The van der Waals surface area contributed by atoms with Gasteiger partial charge in [0.25, 0.3) is 5.91 Å². The van der Waals surface area contributed by atoms with Crippen molar-refractivity contribution < 1.29 is 4.79 Å². The van der Waals surface area contributed by atoms with Gasteiger partial charge >= 0.3 is 0 Å². The third-order valence-electron chi connectivity index (χ3n) is 4.31. The Morgan fingerprint density at radius 3 is 2.21 bits per heavy atom. The molecule has 0 fully saturated rings. The minimum absolute atomic E-state index is 0.0462. The number of anilines is 2. The fraction of sp³-hybridized carbons (Fsp3) is 0.400. The van der Waals surface area contributed by atoms with Crippen molar-refractivity contribution in [1.82, 2.24) is 9.88 Å². The summed E-state index contributed by atoms with van der Waals surface area (Å²) in [5.74, 6) is 0.758. The van der Waals surface area contributed by atoms with Crippen LogP contribution in [0.15, 0.2) is 36.5 Å². The molecule has 0 aliphatic rings. The van der Waals surface area contributed by atoms with Gasteiger partial charge in [-0.25, -0.2) is 4.98 Å². The van der Waals surface area contributed by atoms with Gasteiger partial charge in [-0.2, -0.15) is 0 Å². The van der Waals surface area contributed by atoms with Crippen molar-refractivity contribution in [3.8, 4) is 0 Å². The van der Waals surface area contributed by atoms with Crippen LogP contribution in [0.3, 0.4) is 0 Å². The van der Waals surface area contributed by atoms with E-state index in [4.69, 9.17) is 0 Å². The smallest absolute Gasteiger partial charge is 0.254 e. The highest BCUT2D eigenvalue weighted by molar-refractivity contribution is 5.95. The van der Waals surface area contributed by atoms with Gasteiger partial charge in [0.15, 0.2) is 0 Å². The summed E-state index contributed by atoms with van der Waals surface area (Å²) in [5.41, 5.74) is 4.30. The summed E-state index contributed by atoms with van der Waals surface area (Å²) < 4.78 is 0. The molecule has 0 radical (unpaired) electrons. The lowest BCUT2D eigenvalue weighted by Gasteiger charge is -2.19. The second-order valence-corrected chi connectivity index (χ2v) is 5.69. The zero-order chi connectivity index (χ0) is 17.5. The van der Waals surface area contributed by atoms with Gasteiger partial charge in [0.2, 0.25) is 0 Å². The van der Waals surface area contributed by atoms with Crippen LogP contribution in [0.2, 0.25) is 0 Å². The van der Waals surface area contributed by atoms with Crippen molar-refractivity contribution in [1.29, 1.82) is 0 Å². The molecule has 0 aliphatic heterocycles. The molecule has 1 heterocycles. The van der Waals surface area contributed by atoms with Crippen molar-refractivity contribution in [2.75, 3.05) is 18.4 Å². The third-order valence-corrected chi connectivity index (χ3v) is 4.31. The molecule has 0 spiro atoms. The fourth-order valence-corrected chi connectivity index (χ4v) is 2.86. The number of para-hydroxylation sites is 1. The lowest BCUT2D eigenvalue weighted by atomic mass is 10.0. The van der Waals surface area contributed by atoms with Crippen molar-refractivity contribution in [3.05, 3.63) is 53.2 Å². The lowest BCUT2D eigenvalue weighted by molar-refractivity contribution is 0.0773. The number of nitrogens with zero attached hydrogens (tertiary/aromatic N) is 2. The van der Waals surface area contributed by atoms with Crippen LogP contribution in [0.4, 0.5) is 11.5 Å². The largest absolute Gasteiger partial charge is 0.340 e. The van der Waals surface area contributed by atoms with Gasteiger partial charge in [-0.15, -0.1) is 0 Å². The number of nitrogens with one attached hydrogen (secondary N) is 1. The van der Waals surface area contributed by atoms with E-state index in [2.05, 4.69) is 42.3 Å². The topological polar surface area (TPSA) is 45.2 Å². The van der Waals surface area contributed by atoms with E-state index in [0.717, 1.165) is 18.5 Å². The van der Waals surface area contributed by atoms with Gasteiger partial charge in [-0.3, -0.25) is 4.79 Å². The molecule has 1 aromatic heterocycles. The van der Waals surface area contributed by atoms with E-state index in [1.807, 2.05) is 24.8 Å². The van der Waals surface area contributed by atoms with Crippen LogP contribution in [-0.4, -0.2) is 28.9 Å². The number of hydrogen-bond donors (Lipinski definition) is 1. The monoisotopic (exact) mass is 325 g/mol. The van der Waals surface area contributed by atoms with Gasteiger partial charge in [-0.1, -0.05) is 32.0 Å². The molecular weight excluding hydrogens is 298 g/mol. The van der Waals surface area contributed by atoms with Gasteiger partial charge in [0, 0.05) is 30.5 Å². The molecule has 4 nitrogen and oxygen atoms in total. The SMILES string of the molecule is CCc1cccc(CC)c1Nc1cc(C(=O)N(CC)CC)ccn1. The molecule has 2 aromatic rings. The molecule has 0 atom stereocenters. The molecule has 4 heteroatoms. The summed E-state index contributed by atoms with van der Waals surface area (Å²) >= 11 is 0. The number of rotatable bonds is 7. The summed E-state index contributed by atoms with van der Waals surface area (Å²) in [6.45, 7) is 9.69. The summed E-state index contributed by atoms with van der Waals surface area (Å²) in [6.07, 6.45) is 3.60. The van der Waals surface area contributed by atoms with E-state index in [-0.39, 0.29) is 5.91 Å². The molecule has 0 aliphatic carbocycles. The van der Waals surface area contributed by atoms with Crippen molar-refractivity contribution in [2.24, 2.45) is 0 Å². The standard InChI is InChI=1S/C20H27N3O/c1-5-15-10-9-11-16(6-2)19(15)22-18-14-17(12-13-21-18)20(24)23(7-3)8-4/h9-14H,5-8H2,1-4H3,(H,21,22). The number of carbonyl (C=O) groups excluding carboxylic acids is 1. The molecule has 0 bridgehead atoms. The van der Waals surface area contributed by atoms with E-state index >= 15 is 0 Å². The Balaban J connectivity index is 2.32. The average molecular weight is 325 g/mol. The quantitative estimate of drug-likeness (QED) is 0.819. The Bertz CT molecular complexity index is 671. The van der Waals surface area contributed by atoms with Crippen LogP contribution >= 0.6 is 0 Å². The minimum Gasteiger partial charge on any atom is -0.340 e. The summed E-state index contributed by atoms with van der Waals surface area (Å²) in [7, 11) is 0. The van der Waals surface area contributed by atoms with Crippen molar-refractivity contribution >= 4 is 17.4 Å². The van der Waals surface area contributed by atoms with E-state index in [1.54, 1.807) is 12.3 Å². The maximum atomic E-state index is 12.5. The Morgan fingerprint density at radius 2 is 1.67 bits per heavy atom. The third kappa shape index (κ3) is 3.94. The lowest BCUT2D eigenvalue weighted by Crippen LogP contribution is -2.30. The first-order valence-corrected chi connectivity index (χ1v) is 8.77. The highest BCUT2D eigenvalue weighted by atomic mass is 16.2. The van der Waals surface area contributed by atoms with Crippen LogP contribution in [0, 0.1) is 0 Å². The molecule has 0 saturated carbocycles. The Morgan fingerprint density at radius 1 is 1.04 bits per heavy atom. The highest BCUT2D eigenvalue weighted by Gasteiger charge is 2.14. The van der Waals surface area contributed by atoms with Crippen LogP contribution < -0.4 is 5.32 Å². The van der Waals surface area contributed by atoms with E-state index in [1.165, 1.54) is 11.1 Å². The minimum atomic E-state index is 0.0462. The molecule has 0 unspecified atom stereocenters. The molecule has 0 saturated heterocycles. The first-order valence-electron chi connectivity index (χ1n) is 8.77. The van der Waals surface area contributed by atoms with Crippen molar-refractivity contribution in [3.63, 3.8) is 0 Å². The average Bonchev–Trinajstić information content (AvgIpc) is 2.63. The van der Waals surface area contributed by atoms with E-state index in [0.29, 0.717) is 24.5 Å². The number of aryl methyl sites for hydroxylation is 2. The number of aromatic nitrogens is 1. The normalized spacial score (nSPS) is 10.5.